The van der Waals surface area contributed by atoms with Crippen LogP contribution in [0, 0.1) is 11.8 Å². The first-order valence-electron chi connectivity index (χ1n) is 12.1. The molecule has 5 rings (SSSR count). The highest BCUT2D eigenvalue weighted by molar-refractivity contribution is 5.98. The Morgan fingerprint density at radius 3 is 2.46 bits per heavy atom. The highest BCUT2D eigenvalue weighted by Gasteiger charge is 2.65. The van der Waals surface area contributed by atoms with Crippen LogP contribution < -0.4 is 0 Å². The second kappa shape index (κ2) is 10.4. The van der Waals surface area contributed by atoms with Crippen molar-refractivity contribution in [2.45, 2.75) is 48.7 Å². The van der Waals surface area contributed by atoms with Gasteiger partial charge in [0.1, 0.15) is 36.3 Å². The molecule has 1 aromatic rings. The molecule has 1 aliphatic carbocycles. The number of aromatic hydroxyl groups is 1. The third kappa shape index (κ3) is 4.51. The number of carbonyl (C=O) groups excluding carboxylic acids is 2. The van der Waals surface area contributed by atoms with Crippen LogP contribution in [-0.2, 0) is 33.3 Å². The quantitative estimate of drug-likeness (QED) is 0.141. The van der Waals surface area contributed by atoms with Crippen LogP contribution in [0.1, 0.15) is 5.56 Å². The summed E-state index contributed by atoms with van der Waals surface area (Å²) < 4.78 is 27.5. The van der Waals surface area contributed by atoms with Gasteiger partial charge in [0.2, 0.25) is 6.29 Å². The number of aliphatic hydroxyl groups is 5. The van der Waals surface area contributed by atoms with Gasteiger partial charge in [0, 0.05) is 5.92 Å². The van der Waals surface area contributed by atoms with Crippen molar-refractivity contribution in [3.05, 3.63) is 59.4 Å². The zero-order valence-electron chi connectivity index (χ0n) is 20.6. The Hall–Kier alpha value is -3.30. The van der Waals surface area contributed by atoms with Crippen LogP contribution in [0.5, 0.6) is 5.75 Å². The van der Waals surface area contributed by atoms with E-state index in [2.05, 4.69) is 0 Å². The van der Waals surface area contributed by atoms with Crippen LogP contribution in [0.3, 0.4) is 0 Å². The molecule has 4 aliphatic rings. The number of hydrogen-bond acceptors (Lipinski definition) is 13. The molecule has 13 nitrogen and oxygen atoms in total. The predicted molar refractivity (Wildman–Crippen MR) is 127 cm³/mol. The van der Waals surface area contributed by atoms with Gasteiger partial charge in [-0.1, -0.05) is 18.2 Å². The van der Waals surface area contributed by atoms with Gasteiger partial charge >= 0.3 is 11.9 Å². The fourth-order valence-electron chi connectivity index (χ4n) is 5.37. The summed E-state index contributed by atoms with van der Waals surface area (Å²) in [6.07, 6.45) is -5.52. The average molecular weight is 548 g/mol. The molecule has 1 aromatic carbocycles. The van der Waals surface area contributed by atoms with Gasteiger partial charge in [-0.2, -0.15) is 0 Å². The number of hydrogen-bond donors (Lipinski definition) is 6. The molecule has 0 aromatic heterocycles. The lowest BCUT2D eigenvalue weighted by Gasteiger charge is -2.45. The van der Waals surface area contributed by atoms with E-state index in [4.69, 9.17) is 23.7 Å². The highest BCUT2D eigenvalue weighted by atomic mass is 16.8. The van der Waals surface area contributed by atoms with Gasteiger partial charge in [-0.3, -0.25) is 0 Å². The molecule has 13 heteroatoms. The number of benzene rings is 1. The lowest BCUT2D eigenvalue weighted by molar-refractivity contribution is -0.346. The Morgan fingerprint density at radius 2 is 1.79 bits per heavy atom. The molecular weight excluding hydrogens is 520 g/mol. The van der Waals surface area contributed by atoms with Crippen molar-refractivity contribution in [2.24, 2.45) is 11.8 Å². The number of ether oxygens (including phenoxy) is 5. The number of allylic oxidation sites excluding steroid dienone is 1. The number of phenols is 1. The van der Waals surface area contributed by atoms with Crippen molar-refractivity contribution in [1.29, 1.82) is 0 Å². The summed E-state index contributed by atoms with van der Waals surface area (Å²) >= 11 is 0. The molecule has 2 saturated heterocycles. The number of carbonyl (C=O) groups is 2. The lowest BCUT2D eigenvalue weighted by Crippen LogP contribution is -2.61. The maximum absolute atomic E-state index is 13.0. The van der Waals surface area contributed by atoms with E-state index in [1.54, 1.807) is 6.08 Å². The molecule has 10 unspecified atom stereocenters. The van der Waals surface area contributed by atoms with Gasteiger partial charge < -0.3 is 54.3 Å². The van der Waals surface area contributed by atoms with E-state index in [-0.39, 0.29) is 16.9 Å². The number of phenolic OH excluding ortho intramolecular Hbond substituents is 1. The number of fused-ring (bicyclic) bond motifs is 2. The Labute approximate surface area is 221 Å². The van der Waals surface area contributed by atoms with Gasteiger partial charge in [0.05, 0.1) is 37.0 Å². The summed E-state index contributed by atoms with van der Waals surface area (Å²) in [4.78, 5) is 25.5. The van der Waals surface area contributed by atoms with Crippen molar-refractivity contribution in [2.75, 3.05) is 13.7 Å². The normalized spacial score (nSPS) is 40.3. The maximum Gasteiger partial charge on any atom is 0.337 e. The monoisotopic (exact) mass is 548 g/mol. The first-order chi connectivity index (χ1) is 18.6. The van der Waals surface area contributed by atoms with E-state index in [1.165, 1.54) is 43.5 Å². The lowest BCUT2D eigenvalue weighted by atomic mass is 9.76. The summed E-state index contributed by atoms with van der Waals surface area (Å²) in [5.41, 5.74) is -1.34. The molecule has 3 heterocycles. The Bertz CT molecular complexity index is 1200. The van der Waals surface area contributed by atoms with Crippen LogP contribution >= 0.6 is 0 Å². The van der Waals surface area contributed by atoms with Crippen molar-refractivity contribution in [3.63, 3.8) is 0 Å². The first kappa shape index (κ1) is 27.3. The van der Waals surface area contributed by atoms with Gasteiger partial charge in [0.25, 0.3) is 0 Å². The Balaban J connectivity index is 1.50. The molecule has 39 heavy (non-hydrogen) atoms. The molecule has 3 aliphatic heterocycles. The van der Waals surface area contributed by atoms with E-state index in [0.29, 0.717) is 5.56 Å². The minimum Gasteiger partial charge on any atom is -0.508 e. The third-order valence-corrected chi connectivity index (χ3v) is 7.43. The topological polar surface area (TPSA) is 202 Å². The summed E-state index contributed by atoms with van der Waals surface area (Å²) in [5, 5.41) is 61.2. The minimum absolute atomic E-state index is 0.0133. The summed E-state index contributed by atoms with van der Waals surface area (Å²) in [5.74, 6) is -3.51. The molecule has 0 amide bonds. The van der Waals surface area contributed by atoms with Crippen LogP contribution in [0.4, 0.5) is 0 Å². The Kier molecular flexibility index (Phi) is 7.24. The number of rotatable bonds is 5. The molecule has 210 valence electrons. The number of esters is 2. The second-order valence-electron chi connectivity index (χ2n) is 9.65. The molecule has 6 N–H and O–H groups in total. The van der Waals surface area contributed by atoms with Crippen LogP contribution in [0.25, 0.3) is 6.08 Å². The van der Waals surface area contributed by atoms with E-state index in [1.807, 2.05) is 0 Å². The molecule has 0 radical (unpaired) electrons. The van der Waals surface area contributed by atoms with Crippen LogP contribution in [-0.4, -0.2) is 105 Å². The summed E-state index contributed by atoms with van der Waals surface area (Å²) in [7, 11) is 1.17. The standard InChI is InChI=1S/C26H28O13/c1-35-22(33)15-10-36-24(38-25-20(31)19(30)18(29)16(9-27)37-25)17-13(15)6-7-26(17)21(32)14(23(34)39-26)8-11-2-4-12(28)5-3-11/h2-8,10,13,16-21,24-25,27-32H,9H2,1H3. The van der Waals surface area contributed by atoms with Gasteiger partial charge in [0.15, 0.2) is 11.9 Å². The van der Waals surface area contributed by atoms with Crippen molar-refractivity contribution < 1.29 is 63.9 Å². The van der Waals surface area contributed by atoms with Crippen LogP contribution in [0.15, 0.2) is 53.8 Å². The zero-order chi connectivity index (χ0) is 28.1. The van der Waals surface area contributed by atoms with Gasteiger partial charge in [-0.05, 0) is 29.8 Å². The fraction of sp³-hybridized carbons (Fsp3) is 0.462. The van der Waals surface area contributed by atoms with E-state index >= 15 is 0 Å². The van der Waals surface area contributed by atoms with Gasteiger partial charge in [-0.25, -0.2) is 9.59 Å². The maximum atomic E-state index is 13.0. The van der Waals surface area contributed by atoms with E-state index in [9.17, 15) is 40.2 Å². The molecule has 2 fully saturated rings. The molecule has 0 bridgehead atoms. The van der Waals surface area contributed by atoms with E-state index < -0.39 is 79.1 Å². The highest BCUT2D eigenvalue weighted by Crippen LogP contribution is 2.53. The Morgan fingerprint density at radius 1 is 1.08 bits per heavy atom. The van der Waals surface area contributed by atoms with Crippen molar-refractivity contribution >= 4 is 18.0 Å². The van der Waals surface area contributed by atoms with E-state index in [0.717, 1.165) is 6.26 Å². The SMILES string of the molecule is COC(=O)C1=COC(OC2OC(CO)C(O)C(O)C2O)C2C1C=CC21OC(=O)C(=Cc2ccc(O)cc2)C1O. The minimum atomic E-state index is -1.78. The third-order valence-electron chi connectivity index (χ3n) is 7.43. The molecule has 0 saturated carbocycles. The second-order valence-corrected chi connectivity index (χ2v) is 9.65. The summed E-state index contributed by atoms with van der Waals surface area (Å²) in [6.45, 7) is -0.692. The number of methoxy groups -OCH3 is 1. The predicted octanol–water partition coefficient (Wildman–Crippen LogP) is -1.54. The zero-order valence-corrected chi connectivity index (χ0v) is 20.6. The average Bonchev–Trinajstić information content (AvgIpc) is 3.43. The van der Waals surface area contributed by atoms with Gasteiger partial charge in [-0.15, -0.1) is 0 Å². The smallest absolute Gasteiger partial charge is 0.337 e. The fourth-order valence-corrected chi connectivity index (χ4v) is 5.37. The summed E-state index contributed by atoms with van der Waals surface area (Å²) in [6, 6.07) is 5.89. The first-order valence-corrected chi connectivity index (χ1v) is 12.1. The largest absolute Gasteiger partial charge is 0.508 e. The molecule has 10 atom stereocenters. The van der Waals surface area contributed by atoms with Crippen LogP contribution in [0.2, 0.25) is 0 Å². The number of aliphatic hydroxyl groups excluding tert-OH is 5. The van der Waals surface area contributed by atoms with Crippen molar-refractivity contribution in [3.8, 4) is 5.75 Å². The molecule has 1 spiro atoms. The van der Waals surface area contributed by atoms with Crippen molar-refractivity contribution in [1.82, 2.24) is 0 Å². The molecular formula is C26H28O13.